The van der Waals surface area contributed by atoms with Crippen LogP contribution in [0, 0.1) is 5.82 Å². The number of methoxy groups -OCH3 is 1. The highest BCUT2D eigenvalue weighted by Gasteiger charge is 2.26. The molecule has 19 heavy (non-hydrogen) atoms. The molecular weight excluding hydrogens is 247 g/mol. The third-order valence-electron chi connectivity index (χ3n) is 3.68. The van der Waals surface area contributed by atoms with Gasteiger partial charge in [0, 0.05) is 51.3 Å². The van der Waals surface area contributed by atoms with Crippen molar-refractivity contribution in [3.05, 3.63) is 23.5 Å². The van der Waals surface area contributed by atoms with E-state index in [1.165, 1.54) is 6.07 Å². The van der Waals surface area contributed by atoms with Crippen LogP contribution >= 0.6 is 0 Å². The van der Waals surface area contributed by atoms with Crippen LogP contribution in [0.4, 0.5) is 10.1 Å². The molecule has 2 aliphatic heterocycles. The fraction of sp³-hybridized carbons (Fsp3) is 0.571. The van der Waals surface area contributed by atoms with Crippen molar-refractivity contribution in [1.82, 2.24) is 5.32 Å². The first-order chi connectivity index (χ1) is 9.28. The van der Waals surface area contributed by atoms with Crippen LogP contribution < -0.4 is 15.0 Å². The number of nitrogens with zero attached hydrogens (tertiary/aromatic N) is 1. The summed E-state index contributed by atoms with van der Waals surface area (Å²) in [7, 11) is 1.65. The Bertz CT molecular complexity index is 461. The molecule has 0 saturated carbocycles. The van der Waals surface area contributed by atoms with Crippen LogP contribution in [-0.2, 0) is 11.2 Å². The van der Waals surface area contributed by atoms with Gasteiger partial charge in [0.25, 0.3) is 0 Å². The maximum atomic E-state index is 14.2. The smallest absolute Gasteiger partial charge is 0.150 e. The van der Waals surface area contributed by atoms with E-state index in [-0.39, 0.29) is 11.9 Å². The second-order valence-electron chi connectivity index (χ2n) is 5.05. The molecule has 0 radical (unpaired) electrons. The molecule has 1 fully saturated rings. The summed E-state index contributed by atoms with van der Waals surface area (Å²) in [5.41, 5.74) is 1.78. The summed E-state index contributed by atoms with van der Waals surface area (Å²) >= 11 is 0. The second kappa shape index (κ2) is 5.35. The van der Waals surface area contributed by atoms with Gasteiger partial charge in [-0.1, -0.05) is 0 Å². The van der Waals surface area contributed by atoms with Crippen molar-refractivity contribution < 1.29 is 13.9 Å². The lowest BCUT2D eigenvalue weighted by atomic mass is 10.1. The fourth-order valence-electron chi connectivity index (χ4n) is 2.75. The number of benzene rings is 1. The second-order valence-corrected chi connectivity index (χ2v) is 5.05. The number of rotatable bonds is 3. The summed E-state index contributed by atoms with van der Waals surface area (Å²) in [6, 6.07) is 3.45. The lowest BCUT2D eigenvalue weighted by Crippen LogP contribution is -2.43. The van der Waals surface area contributed by atoms with E-state index in [0.29, 0.717) is 18.0 Å². The Morgan fingerprint density at radius 1 is 1.42 bits per heavy atom. The van der Waals surface area contributed by atoms with Crippen LogP contribution in [-0.4, -0.2) is 46.0 Å². The Balaban J connectivity index is 1.82. The van der Waals surface area contributed by atoms with Crippen molar-refractivity contribution in [2.24, 2.45) is 0 Å². The van der Waals surface area contributed by atoms with Gasteiger partial charge in [-0.3, -0.25) is 0 Å². The third kappa shape index (κ3) is 2.53. The zero-order valence-corrected chi connectivity index (χ0v) is 11.1. The van der Waals surface area contributed by atoms with Crippen molar-refractivity contribution in [3.63, 3.8) is 0 Å². The van der Waals surface area contributed by atoms with Gasteiger partial charge in [0.1, 0.15) is 17.7 Å². The molecule has 0 aliphatic carbocycles. The first kappa shape index (κ1) is 12.7. The van der Waals surface area contributed by atoms with Crippen molar-refractivity contribution in [2.75, 3.05) is 44.8 Å². The van der Waals surface area contributed by atoms with Crippen LogP contribution in [0.1, 0.15) is 5.56 Å². The van der Waals surface area contributed by atoms with Crippen molar-refractivity contribution in [2.45, 2.75) is 12.5 Å². The summed E-state index contributed by atoms with van der Waals surface area (Å²) in [6.07, 6.45) is 0.806. The molecule has 2 heterocycles. The average molecular weight is 266 g/mol. The summed E-state index contributed by atoms with van der Waals surface area (Å²) in [6.45, 7) is 4.04. The molecule has 1 saturated heterocycles. The number of ether oxygens (including phenoxy) is 2. The highest BCUT2D eigenvalue weighted by molar-refractivity contribution is 5.56. The molecular formula is C14H19FN2O2. The van der Waals surface area contributed by atoms with Crippen LogP contribution in [0.2, 0.25) is 0 Å². The van der Waals surface area contributed by atoms with E-state index in [9.17, 15) is 4.39 Å². The van der Waals surface area contributed by atoms with E-state index in [0.717, 1.165) is 38.2 Å². The topological polar surface area (TPSA) is 33.7 Å². The Labute approximate surface area is 112 Å². The minimum atomic E-state index is -0.196. The van der Waals surface area contributed by atoms with Gasteiger partial charge in [-0.05, 0) is 6.07 Å². The number of nitrogens with one attached hydrogen (secondary N) is 1. The lowest BCUT2D eigenvalue weighted by Gasteiger charge is -2.30. The van der Waals surface area contributed by atoms with Crippen LogP contribution in [0.25, 0.3) is 0 Å². The Hall–Kier alpha value is -1.33. The molecule has 0 bridgehead atoms. The molecule has 2 aliphatic rings. The number of hydrogen-bond acceptors (Lipinski definition) is 4. The summed E-state index contributed by atoms with van der Waals surface area (Å²) in [5, 5.41) is 3.27. The molecule has 0 aromatic heterocycles. The van der Waals surface area contributed by atoms with Gasteiger partial charge in [0.05, 0.1) is 12.3 Å². The molecule has 104 valence electrons. The van der Waals surface area contributed by atoms with Gasteiger partial charge in [-0.15, -0.1) is 0 Å². The molecule has 4 nitrogen and oxygen atoms in total. The Kier molecular flexibility index (Phi) is 3.57. The number of piperazine rings is 1. The quantitative estimate of drug-likeness (QED) is 0.891. The lowest BCUT2D eigenvalue weighted by molar-refractivity contribution is 0.0950. The standard InChI is InChI=1S/C14H19FN2O2/c1-18-9-11-6-10-7-13(12(15)8-14(10)19-11)17-4-2-16-3-5-17/h7-8,11,16H,2-6,9H2,1H3. The zero-order valence-electron chi connectivity index (χ0n) is 11.1. The predicted molar refractivity (Wildman–Crippen MR) is 71.5 cm³/mol. The molecule has 3 rings (SSSR count). The van der Waals surface area contributed by atoms with Crippen LogP contribution in [0.5, 0.6) is 5.75 Å². The molecule has 5 heteroatoms. The van der Waals surface area contributed by atoms with Gasteiger partial charge >= 0.3 is 0 Å². The molecule has 0 spiro atoms. The van der Waals surface area contributed by atoms with E-state index < -0.39 is 0 Å². The first-order valence-electron chi connectivity index (χ1n) is 6.71. The first-order valence-corrected chi connectivity index (χ1v) is 6.71. The van der Waals surface area contributed by atoms with Crippen LogP contribution in [0.3, 0.4) is 0 Å². The van der Waals surface area contributed by atoms with E-state index in [2.05, 4.69) is 10.2 Å². The van der Waals surface area contributed by atoms with Gasteiger partial charge in [0.2, 0.25) is 0 Å². The van der Waals surface area contributed by atoms with E-state index in [1.807, 2.05) is 6.07 Å². The average Bonchev–Trinajstić information content (AvgIpc) is 2.80. The third-order valence-corrected chi connectivity index (χ3v) is 3.68. The van der Waals surface area contributed by atoms with Gasteiger partial charge in [0.15, 0.2) is 0 Å². The highest BCUT2D eigenvalue weighted by Crippen LogP contribution is 2.34. The minimum absolute atomic E-state index is 0.0117. The molecule has 1 aromatic carbocycles. The van der Waals surface area contributed by atoms with Crippen molar-refractivity contribution in [3.8, 4) is 5.75 Å². The summed E-state index contributed by atoms with van der Waals surface area (Å²) in [4.78, 5) is 2.09. The number of halogens is 1. The Morgan fingerprint density at radius 2 is 2.21 bits per heavy atom. The normalized spacial score (nSPS) is 22.2. The molecule has 0 amide bonds. The molecule has 1 atom stereocenters. The van der Waals surface area contributed by atoms with E-state index >= 15 is 0 Å². The number of hydrogen-bond donors (Lipinski definition) is 1. The van der Waals surface area contributed by atoms with Gasteiger partial charge < -0.3 is 19.7 Å². The fourth-order valence-corrected chi connectivity index (χ4v) is 2.75. The van der Waals surface area contributed by atoms with Crippen molar-refractivity contribution in [1.29, 1.82) is 0 Å². The minimum Gasteiger partial charge on any atom is -0.487 e. The monoisotopic (exact) mass is 266 g/mol. The maximum absolute atomic E-state index is 14.2. The molecule has 1 N–H and O–H groups in total. The summed E-state index contributed by atoms with van der Waals surface area (Å²) in [5.74, 6) is 0.470. The van der Waals surface area contributed by atoms with E-state index in [4.69, 9.17) is 9.47 Å². The molecule has 1 aromatic rings. The van der Waals surface area contributed by atoms with Crippen molar-refractivity contribution >= 4 is 5.69 Å². The van der Waals surface area contributed by atoms with Gasteiger partial charge in [-0.25, -0.2) is 4.39 Å². The SMILES string of the molecule is COCC1Cc2cc(N3CCNCC3)c(F)cc2O1. The Morgan fingerprint density at radius 3 is 2.95 bits per heavy atom. The van der Waals surface area contributed by atoms with Crippen LogP contribution in [0.15, 0.2) is 12.1 Å². The number of fused-ring (bicyclic) bond motifs is 1. The van der Waals surface area contributed by atoms with E-state index in [1.54, 1.807) is 7.11 Å². The number of anilines is 1. The maximum Gasteiger partial charge on any atom is 0.150 e. The van der Waals surface area contributed by atoms with Gasteiger partial charge in [-0.2, -0.15) is 0 Å². The summed E-state index contributed by atoms with van der Waals surface area (Å²) < 4.78 is 24.9. The predicted octanol–water partition coefficient (Wildman–Crippen LogP) is 1.19. The zero-order chi connectivity index (χ0) is 13.2. The molecule has 1 unspecified atom stereocenters. The highest BCUT2D eigenvalue weighted by atomic mass is 19.1. The largest absolute Gasteiger partial charge is 0.487 e.